The number of fused-ring (bicyclic) bond motifs is 1. The van der Waals surface area contributed by atoms with Crippen molar-refractivity contribution in [1.82, 2.24) is 30.1 Å². The number of pyridine rings is 1. The van der Waals surface area contributed by atoms with Crippen molar-refractivity contribution < 1.29 is 14.0 Å². The minimum absolute atomic E-state index is 0.0571. The lowest BCUT2D eigenvalue weighted by molar-refractivity contribution is -0.134. The number of carbonyl (C=O) groups excluding carboxylic acids is 2. The first kappa shape index (κ1) is 22.7. The minimum atomic E-state index is -0.575. The summed E-state index contributed by atoms with van der Waals surface area (Å²) in [6, 6.07) is 10.8. The first-order valence-electron chi connectivity index (χ1n) is 11.4. The Hall–Kier alpha value is -3.49. The molecule has 1 aliphatic heterocycles. The van der Waals surface area contributed by atoms with Crippen LogP contribution in [0.5, 0.6) is 0 Å². The molecule has 1 aromatic carbocycles. The van der Waals surface area contributed by atoms with Gasteiger partial charge in [0.2, 0.25) is 5.91 Å². The number of aromatic nitrogens is 3. The van der Waals surface area contributed by atoms with E-state index in [2.05, 4.69) is 20.8 Å². The highest BCUT2D eigenvalue weighted by Crippen LogP contribution is 2.27. The summed E-state index contributed by atoms with van der Waals surface area (Å²) in [7, 11) is 0. The fraction of sp³-hybridized carbons (Fsp3) is 0.417. The van der Waals surface area contributed by atoms with Gasteiger partial charge in [-0.15, -0.1) is 10.2 Å². The molecule has 9 heteroatoms. The van der Waals surface area contributed by atoms with Crippen LogP contribution in [0.3, 0.4) is 0 Å². The van der Waals surface area contributed by atoms with Crippen molar-refractivity contribution in [2.75, 3.05) is 13.1 Å². The van der Waals surface area contributed by atoms with E-state index in [-0.39, 0.29) is 24.2 Å². The van der Waals surface area contributed by atoms with E-state index >= 15 is 0 Å². The van der Waals surface area contributed by atoms with Gasteiger partial charge in [0.15, 0.2) is 5.65 Å². The van der Waals surface area contributed by atoms with E-state index < -0.39 is 12.1 Å². The quantitative estimate of drug-likeness (QED) is 0.576. The second-order valence-corrected chi connectivity index (χ2v) is 8.38. The van der Waals surface area contributed by atoms with Gasteiger partial charge >= 0.3 is 6.03 Å². The number of rotatable bonds is 7. The molecule has 0 bridgehead atoms. The molecule has 1 atom stereocenters. The number of halogens is 1. The van der Waals surface area contributed by atoms with Crippen LogP contribution in [0.2, 0.25) is 0 Å². The highest BCUT2D eigenvalue weighted by atomic mass is 19.1. The van der Waals surface area contributed by atoms with Gasteiger partial charge in [0, 0.05) is 31.7 Å². The second-order valence-electron chi connectivity index (χ2n) is 8.38. The van der Waals surface area contributed by atoms with E-state index in [0.717, 1.165) is 36.3 Å². The van der Waals surface area contributed by atoms with Crippen LogP contribution in [0.25, 0.3) is 5.65 Å². The zero-order valence-corrected chi connectivity index (χ0v) is 18.7. The molecule has 3 heterocycles. The zero-order chi connectivity index (χ0) is 23.2. The van der Waals surface area contributed by atoms with Gasteiger partial charge in [-0.3, -0.25) is 9.20 Å². The smallest absolute Gasteiger partial charge is 0.315 e. The Balaban J connectivity index is 1.31. The molecule has 3 aromatic rings. The van der Waals surface area contributed by atoms with Crippen molar-refractivity contribution in [3.63, 3.8) is 0 Å². The summed E-state index contributed by atoms with van der Waals surface area (Å²) in [5.41, 5.74) is 1.61. The summed E-state index contributed by atoms with van der Waals surface area (Å²) in [5, 5.41) is 14.2. The van der Waals surface area contributed by atoms with E-state index in [9.17, 15) is 14.0 Å². The van der Waals surface area contributed by atoms with Gasteiger partial charge in [-0.1, -0.05) is 31.5 Å². The van der Waals surface area contributed by atoms with Crippen LogP contribution in [-0.2, 0) is 11.3 Å². The Morgan fingerprint density at radius 3 is 2.61 bits per heavy atom. The van der Waals surface area contributed by atoms with Crippen LogP contribution < -0.4 is 10.6 Å². The Bertz CT molecular complexity index is 1090. The molecule has 0 aliphatic carbocycles. The highest BCUT2D eigenvalue weighted by Gasteiger charge is 2.30. The fourth-order valence-electron chi connectivity index (χ4n) is 4.26. The Labute approximate surface area is 192 Å². The van der Waals surface area contributed by atoms with Crippen LogP contribution >= 0.6 is 0 Å². The molecule has 2 N–H and O–H groups in total. The average Bonchev–Trinajstić information content (AvgIpc) is 3.27. The summed E-state index contributed by atoms with van der Waals surface area (Å²) in [6.45, 7) is 3.48. The van der Waals surface area contributed by atoms with Gasteiger partial charge in [-0.05, 0) is 49.1 Å². The number of piperidine rings is 1. The topological polar surface area (TPSA) is 91.6 Å². The molecule has 0 saturated carbocycles. The lowest BCUT2D eigenvalue weighted by Gasteiger charge is -2.34. The average molecular weight is 453 g/mol. The molecule has 33 heavy (non-hydrogen) atoms. The summed E-state index contributed by atoms with van der Waals surface area (Å²) in [6.07, 6.45) is 4.91. The van der Waals surface area contributed by atoms with Crippen LogP contribution in [0.15, 0.2) is 48.7 Å². The summed E-state index contributed by atoms with van der Waals surface area (Å²) in [4.78, 5) is 27.4. The van der Waals surface area contributed by atoms with E-state index in [1.807, 2.05) is 40.6 Å². The molecule has 1 aliphatic rings. The highest BCUT2D eigenvalue weighted by molar-refractivity contribution is 5.87. The van der Waals surface area contributed by atoms with Gasteiger partial charge in [-0.25, -0.2) is 9.18 Å². The first-order chi connectivity index (χ1) is 16.0. The van der Waals surface area contributed by atoms with Crippen LogP contribution in [0.1, 0.15) is 49.9 Å². The third kappa shape index (κ3) is 5.47. The van der Waals surface area contributed by atoms with E-state index in [1.54, 1.807) is 12.1 Å². The van der Waals surface area contributed by atoms with Gasteiger partial charge in [0.05, 0.1) is 0 Å². The maximum Gasteiger partial charge on any atom is 0.315 e. The number of nitrogens with zero attached hydrogens (tertiary/aromatic N) is 4. The molecular formula is C24H29FN6O2. The van der Waals surface area contributed by atoms with Crippen molar-refractivity contribution in [3.05, 3.63) is 65.9 Å². The summed E-state index contributed by atoms with van der Waals surface area (Å²) < 4.78 is 15.0. The Morgan fingerprint density at radius 2 is 1.88 bits per heavy atom. The van der Waals surface area contributed by atoms with Crippen LogP contribution in [0, 0.1) is 5.82 Å². The summed E-state index contributed by atoms with van der Waals surface area (Å²) >= 11 is 0. The number of benzene rings is 1. The maximum atomic E-state index is 13.1. The molecule has 1 saturated heterocycles. The number of hydrogen-bond acceptors (Lipinski definition) is 4. The number of hydrogen-bond donors (Lipinski definition) is 2. The monoisotopic (exact) mass is 452 g/mol. The largest absolute Gasteiger partial charge is 0.341 e. The second kappa shape index (κ2) is 10.4. The fourth-order valence-corrected chi connectivity index (χ4v) is 4.26. The molecule has 174 valence electrons. The molecule has 0 radical (unpaired) electrons. The SMILES string of the molecule is CCCC(NC(=O)NCc1ccc(F)cc1)C(=O)N1CCC(c2nnc3ccccn23)CC1. The molecule has 3 amide bonds. The number of nitrogens with one attached hydrogen (secondary N) is 2. The van der Waals surface area contributed by atoms with E-state index in [0.29, 0.717) is 19.5 Å². The maximum absolute atomic E-state index is 13.1. The van der Waals surface area contributed by atoms with Crippen LogP contribution in [-0.4, -0.2) is 50.6 Å². The third-order valence-electron chi connectivity index (χ3n) is 6.06. The molecule has 1 unspecified atom stereocenters. The molecule has 0 spiro atoms. The Morgan fingerprint density at radius 1 is 1.12 bits per heavy atom. The van der Waals surface area contributed by atoms with Gasteiger partial charge in [0.1, 0.15) is 17.7 Å². The lowest BCUT2D eigenvalue weighted by atomic mass is 9.95. The first-order valence-corrected chi connectivity index (χ1v) is 11.4. The van der Waals surface area contributed by atoms with Crippen molar-refractivity contribution >= 4 is 17.6 Å². The van der Waals surface area contributed by atoms with Gasteiger partial charge in [-0.2, -0.15) is 0 Å². The van der Waals surface area contributed by atoms with E-state index in [4.69, 9.17) is 0 Å². The normalized spacial score (nSPS) is 15.4. The molecular weight excluding hydrogens is 423 g/mol. The predicted octanol–water partition coefficient (Wildman–Crippen LogP) is 3.24. The molecule has 8 nitrogen and oxygen atoms in total. The predicted molar refractivity (Wildman–Crippen MR) is 122 cm³/mol. The van der Waals surface area contributed by atoms with Crippen molar-refractivity contribution in [1.29, 1.82) is 0 Å². The van der Waals surface area contributed by atoms with E-state index in [1.165, 1.54) is 12.1 Å². The number of amides is 3. The zero-order valence-electron chi connectivity index (χ0n) is 18.7. The van der Waals surface area contributed by atoms with Gasteiger partial charge < -0.3 is 15.5 Å². The van der Waals surface area contributed by atoms with Crippen LogP contribution in [0.4, 0.5) is 9.18 Å². The van der Waals surface area contributed by atoms with Crippen molar-refractivity contribution in [2.45, 2.75) is 51.1 Å². The van der Waals surface area contributed by atoms with Crippen molar-refractivity contribution in [2.24, 2.45) is 0 Å². The molecule has 4 rings (SSSR count). The summed E-state index contributed by atoms with van der Waals surface area (Å²) in [5.74, 6) is 0.792. The standard InChI is InChI=1S/C24H29FN6O2/c1-2-5-20(27-24(33)26-16-17-7-9-19(25)10-8-17)23(32)30-14-11-18(12-15-30)22-29-28-21-6-3-4-13-31(21)22/h3-4,6-10,13,18,20H,2,5,11-12,14-16H2,1H3,(H2,26,27,33). The number of likely N-dealkylation sites (tertiary alicyclic amines) is 1. The molecule has 2 aromatic heterocycles. The lowest BCUT2D eigenvalue weighted by Crippen LogP contribution is -2.52. The van der Waals surface area contributed by atoms with Gasteiger partial charge in [0.25, 0.3) is 0 Å². The molecule has 1 fully saturated rings. The number of carbonyl (C=O) groups is 2. The van der Waals surface area contributed by atoms with Crippen molar-refractivity contribution in [3.8, 4) is 0 Å². The Kier molecular flexibility index (Phi) is 7.16. The number of urea groups is 1. The third-order valence-corrected chi connectivity index (χ3v) is 6.06. The minimum Gasteiger partial charge on any atom is -0.341 e.